The van der Waals surface area contributed by atoms with Crippen molar-refractivity contribution in [1.82, 2.24) is 4.98 Å². The number of hydrogen-bond acceptors (Lipinski definition) is 4. The second kappa shape index (κ2) is 6.73. The zero-order valence-electron chi connectivity index (χ0n) is 10.8. The standard InChI is InChI=1S/C14H17N3S2/c1-19-8-4-7-16-13-10-5-2-3-6-12(10)17-9-11(13)14(15)18/h2-3,5-6,9H,4,7-8H2,1H3,(H2,15,18)(H,16,17). The van der Waals surface area contributed by atoms with Crippen LogP contribution in [0.4, 0.5) is 5.69 Å². The van der Waals surface area contributed by atoms with E-state index in [0.29, 0.717) is 4.99 Å². The van der Waals surface area contributed by atoms with Crippen LogP contribution < -0.4 is 11.1 Å². The van der Waals surface area contributed by atoms with Crippen molar-refractivity contribution in [3.8, 4) is 0 Å². The monoisotopic (exact) mass is 291 g/mol. The van der Waals surface area contributed by atoms with Crippen LogP contribution in [0.3, 0.4) is 0 Å². The molecule has 0 unspecified atom stereocenters. The number of rotatable bonds is 6. The van der Waals surface area contributed by atoms with Gasteiger partial charge in [-0.1, -0.05) is 30.4 Å². The quantitative estimate of drug-likeness (QED) is 0.633. The Morgan fingerprint density at radius 2 is 2.21 bits per heavy atom. The Balaban J connectivity index is 2.35. The predicted molar refractivity (Wildman–Crippen MR) is 89.1 cm³/mol. The number of benzene rings is 1. The first-order valence-corrected chi connectivity index (χ1v) is 7.94. The molecule has 0 spiro atoms. The Labute approximate surface area is 123 Å². The summed E-state index contributed by atoms with van der Waals surface area (Å²) in [5.41, 5.74) is 8.55. The van der Waals surface area contributed by atoms with Crippen LogP contribution in [-0.2, 0) is 0 Å². The molecule has 0 bridgehead atoms. The lowest BCUT2D eigenvalue weighted by Crippen LogP contribution is -2.15. The number of para-hydroxylation sites is 1. The van der Waals surface area contributed by atoms with Gasteiger partial charge in [-0.05, 0) is 24.5 Å². The minimum Gasteiger partial charge on any atom is -0.389 e. The molecule has 0 amide bonds. The maximum absolute atomic E-state index is 5.78. The number of aromatic nitrogens is 1. The highest BCUT2D eigenvalue weighted by atomic mass is 32.2. The third-order valence-electron chi connectivity index (χ3n) is 2.87. The molecule has 3 N–H and O–H groups in total. The number of nitrogens with one attached hydrogen (secondary N) is 1. The van der Waals surface area contributed by atoms with Gasteiger partial charge in [0.25, 0.3) is 0 Å². The molecule has 2 rings (SSSR count). The van der Waals surface area contributed by atoms with Crippen molar-refractivity contribution in [3.63, 3.8) is 0 Å². The SMILES string of the molecule is CSCCCNc1c(C(N)=S)cnc2ccccc12. The fraction of sp³-hybridized carbons (Fsp3) is 0.286. The van der Waals surface area contributed by atoms with E-state index in [-0.39, 0.29) is 0 Å². The first-order chi connectivity index (χ1) is 9.24. The molecule has 0 saturated heterocycles. The molecule has 0 radical (unpaired) electrons. The molecule has 5 heteroatoms. The number of nitrogens with two attached hydrogens (primary N) is 1. The molecule has 3 nitrogen and oxygen atoms in total. The predicted octanol–water partition coefficient (Wildman–Crippen LogP) is 3.03. The van der Waals surface area contributed by atoms with E-state index >= 15 is 0 Å². The van der Waals surface area contributed by atoms with Crippen LogP contribution in [0.25, 0.3) is 10.9 Å². The van der Waals surface area contributed by atoms with Gasteiger partial charge in [-0.3, -0.25) is 4.98 Å². The first kappa shape index (κ1) is 14.1. The Morgan fingerprint density at radius 1 is 1.42 bits per heavy atom. The van der Waals surface area contributed by atoms with Crippen LogP contribution in [-0.4, -0.2) is 28.5 Å². The summed E-state index contributed by atoms with van der Waals surface area (Å²) in [6.07, 6.45) is 4.97. The van der Waals surface area contributed by atoms with E-state index in [0.717, 1.165) is 40.9 Å². The van der Waals surface area contributed by atoms with Gasteiger partial charge in [0.2, 0.25) is 0 Å². The van der Waals surface area contributed by atoms with Gasteiger partial charge in [0.1, 0.15) is 4.99 Å². The summed E-state index contributed by atoms with van der Waals surface area (Å²) in [6, 6.07) is 8.01. The lowest BCUT2D eigenvalue weighted by atomic mass is 10.1. The first-order valence-electron chi connectivity index (χ1n) is 6.14. The summed E-state index contributed by atoms with van der Waals surface area (Å²) in [6.45, 7) is 0.907. The average Bonchev–Trinajstić information content (AvgIpc) is 2.43. The van der Waals surface area contributed by atoms with Crippen molar-refractivity contribution in [1.29, 1.82) is 0 Å². The molecule has 100 valence electrons. The molecule has 1 aromatic carbocycles. The molecule has 0 atom stereocenters. The molecule has 0 aliphatic rings. The van der Waals surface area contributed by atoms with E-state index in [1.165, 1.54) is 0 Å². The molecule has 0 fully saturated rings. The second-order valence-corrected chi connectivity index (χ2v) is 5.63. The summed E-state index contributed by atoms with van der Waals surface area (Å²) < 4.78 is 0. The van der Waals surface area contributed by atoms with Gasteiger partial charge in [0.05, 0.1) is 16.8 Å². The number of anilines is 1. The van der Waals surface area contributed by atoms with E-state index in [1.807, 2.05) is 36.0 Å². The highest BCUT2D eigenvalue weighted by molar-refractivity contribution is 7.98. The van der Waals surface area contributed by atoms with Crippen molar-refractivity contribution >= 4 is 45.6 Å². The van der Waals surface area contributed by atoms with Crippen molar-refractivity contribution in [3.05, 3.63) is 36.0 Å². The van der Waals surface area contributed by atoms with Gasteiger partial charge in [-0.25, -0.2) is 0 Å². The summed E-state index contributed by atoms with van der Waals surface area (Å²) in [5.74, 6) is 1.14. The van der Waals surface area contributed by atoms with E-state index < -0.39 is 0 Å². The molecule has 0 aliphatic carbocycles. The summed E-state index contributed by atoms with van der Waals surface area (Å²) >= 11 is 6.96. The molecule has 0 aliphatic heterocycles. The molecular weight excluding hydrogens is 274 g/mol. The minimum atomic E-state index is 0.380. The molecular formula is C14H17N3S2. The van der Waals surface area contributed by atoms with Gasteiger partial charge < -0.3 is 11.1 Å². The maximum atomic E-state index is 5.78. The second-order valence-electron chi connectivity index (χ2n) is 4.20. The van der Waals surface area contributed by atoms with Crippen LogP contribution in [0.5, 0.6) is 0 Å². The molecule has 0 saturated carbocycles. The lowest BCUT2D eigenvalue weighted by molar-refractivity contribution is 0.994. The average molecular weight is 291 g/mol. The van der Waals surface area contributed by atoms with E-state index in [2.05, 4.69) is 16.6 Å². The topological polar surface area (TPSA) is 50.9 Å². The molecule has 19 heavy (non-hydrogen) atoms. The van der Waals surface area contributed by atoms with Crippen molar-refractivity contribution in [2.24, 2.45) is 5.73 Å². The Hall–Kier alpha value is -1.33. The fourth-order valence-electron chi connectivity index (χ4n) is 1.95. The maximum Gasteiger partial charge on any atom is 0.107 e. The van der Waals surface area contributed by atoms with E-state index in [4.69, 9.17) is 18.0 Å². The Kier molecular flexibility index (Phi) is 4.99. The Morgan fingerprint density at radius 3 is 2.95 bits per heavy atom. The van der Waals surface area contributed by atoms with Crippen LogP contribution in [0.2, 0.25) is 0 Å². The van der Waals surface area contributed by atoms with Crippen molar-refractivity contribution in [2.45, 2.75) is 6.42 Å². The highest BCUT2D eigenvalue weighted by Crippen LogP contribution is 2.25. The Bertz CT molecular complexity index is 584. The number of hydrogen-bond donors (Lipinski definition) is 2. The smallest absolute Gasteiger partial charge is 0.107 e. The van der Waals surface area contributed by atoms with Gasteiger partial charge in [-0.15, -0.1) is 0 Å². The number of thiocarbonyl (C=S) groups is 1. The van der Waals surface area contributed by atoms with Crippen LogP contribution in [0, 0.1) is 0 Å². The molecule has 2 aromatic rings. The zero-order chi connectivity index (χ0) is 13.7. The summed E-state index contributed by atoms with van der Waals surface area (Å²) in [7, 11) is 0. The fourth-order valence-corrected chi connectivity index (χ4v) is 2.54. The summed E-state index contributed by atoms with van der Waals surface area (Å²) in [4.78, 5) is 4.78. The highest BCUT2D eigenvalue weighted by Gasteiger charge is 2.10. The van der Waals surface area contributed by atoms with E-state index in [1.54, 1.807) is 6.20 Å². The molecule has 1 aromatic heterocycles. The van der Waals surface area contributed by atoms with Gasteiger partial charge in [0, 0.05) is 18.1 Å². The largest absolute Gasteiger partial charge is 0.389 e. The third-order valence-corrected chi connectivity index (χ3v) is 3.78. The minimum absolute atomic E-state index is 0.380. The van der Waals surface area contributed by atoms with Gasteiger partial charge in [-0.2, -0.15) is 11.8 Å². The molecule has 1 heterocycles. The zero-order valence-corrected chi connectivity index (χ0v) is 12.5. The van der Waals surface area contributed by atoms with Crippen LogP contribution in [0.1, 0.15) is 12.0 Å². The number of fused-ring (bicyclic) bond motifs is 1. The summed E-state index contributed by atoms with van der Waals surface area (Å²) in [5, 5.41) is 4.52. The number of thioether (sulfide) groups is 1. The van der Waals surface area contributed by atoms with E-state index in [9.17, 15) is 0 Å². The van der Waals surface area contributed by atoms with Gasteiger partial charge in [0.15, 0.2) is 0 Å². The lowest BCUT2D eigenvalue weighted by Gasteiger charge is -2.13. The van der Waals surface area contributed by atoms with Crippen LogP contribution >= 0.6 is 24.0 Å². The number of pyridine rings is 1. The van der Waals surface area contributed by atoms with Crippen LogP contribution in [0.15, 0.2) is 30.5 Å². The van der Waals surface area contributed by atoms with Crippen molar-refractivity contribution in [2.75, 3.05) is 23.9 Å². The number of nitrogens with zero attached hydrogens (tertiary/aromatic N) is 1. The van der Waals surface area contributed by atoms with Gasteiger partial charge >= 0.3 is 0 Å². The van der Waals surface area contributed by atoms with Crippen molar-refractivity contribution < 1.29 is 0 Å². The normalized spacial score (nSPS) is 10.6. The third kappa shape index (κ3) is 3.36.